The summed E-state index contributed by atoms with van der Waals surface area (Å²) >= 11 is 7.40. The smallest absolute Gasteiger partial charge is 0.0259 e. The molecule has 2 aromatic carbocycles. The second-order valence-corrected chi connectivity index (χ2v) is 6.45. The first-order valence-electron chi connectivity index (χ1n) is 5.64. The highest BCUT2D eigenvalue weighted by Crippen LogP contribution is 2.45. The molecule has 0 saturated carbocycles. The summed E-state index contributed by atoms with van der Waals surface area (Å²) in [7, 11) is 0. The Morgan fingerprint density at radius 1 is 0.765 bits per heavy atom. The van der Waals surface area contributed by atoms with Gasteiger partial charge in [0.15, 0.2) is 0 Å². The van der Waals surface area contributed by atoms with E-state index in [1.807, 2.05) is 0 Å². The van der Waals surface area contributed by atoms with Crippen LogP contribution in [0.2, 0.25) is 0 Å². The molecule has 0 aromatic heterocycles. The number of benzene rings is 2. The van der Waals surface area contributed by atoms with E-state index < -0.39 is 0 Å². The minimum absolute atomic E-state index is 1.05. The summed E-state index contributed by atoms with van der Waals surface area (Å²) < 4.78 is 2.41. The van der Waals surface area contributed by atoms with Gasteiger partial charge in [-0.1, -0.05) is 44.0 Å². The van der Waals surface area contributed by atoms with Crippen molar-refractivity contribution < 1.29 is 0 Å². The number of fused-ring (bicyclic) bond motifs is 3. The molecule has 2 heteroatoms. The van der Waals surface area contributed by atoms with Crippen LogP contribution in [0.1, 0.15) is 22.3 Å². The van der Waals surface area contributed by atoms with Gasteiger partial charge in [-0.3, -0.25) is 0 Å². The minimum Gasteiger partial charge on any atom is -0.0551 e. The first-order valence-corrected chi connectivity index (χ1v) is 7.23. The zero-order chi connectivity index (χ0) is 12.2. The van der Waals surface area contributed by atoms with Crippen LogP contribution in [-0.2, 0) is 6.42 Å². The molecule has 1 aliphatic rings. The third-order valence-corrected chi connectivity index (χ3v) is 4.51. The number of rotatable bonds is 0. The number of hydrogen-bond acceptors (Lipinski definition) is 0. The zero-order valence-electron chi connectivity index (χ0n) is 9.77. The van der Waals surface area contributed by atoms with Crippen LogP contribution in [0.25, 0.3) is 11.1 Å². The fraction of sp³-hybridized carbons (Fsp3) is 0.200. The lowest BCUT2D eigenvalue weighted by molar-refractivity contribution is 1.23. The second kappa shape index (κ2) is 3.96. The van der Waals surface area contributed by atoms with Crippen molar-refractivity contribution in [3.05, 3.63) is 55.5 Å². The lowest BCUT2D eigenvalue weighted by Crippen LogP contribution is -1.84. The molecule has 86 valence electrons. The quantitative estimate of drug-likeness (QED) is 0.508. The summed E-state index contributed by atoms with van der Waals surface area (Å²) in [6, 6.07) is 8.98. The molecule has 0 bridgehead atoms. The van der Waals surface area contributed by atoms with Gasteiger partial charge in [-0.2, -0.15) is 0 Å². The van der Waals surface area contributed by atoms with Crippen LogP contribution in [0.5, 0.6) is 0 Å². The Labute approximate surface area is 118 Å². The Morgan fingerprint density at radius 3 is 1.59 bits per heavy atom. The molecule has 3 rings (SSSR count). The predicted molar refractivity (Wildman–Crippen MR) is 79.6 cm³/mol. The maximum absolute atomic E-state index is 3.70. The molecule has 17 heavy (non-hydrogen) atoms. The van der Waals surface area contributed by atoms with E-state index in [-0.39, 0.29) is 0 Å². The average Bonchev–Trinajstić information content (AvgIpc) is 2.55. The Morgan fingerprint density at radius 2 is 1.18 bits per heavy atom. The largest absolute Gasteiger partial charge is 0.0551 e. The average molecular weight is 352 g/mol. The molecule has 0 radical (unpaired) electrons. The molecule has 0 fully saturated rings. The number of hydrogen-bond donors (Lipinski definition) is 0. The monoisotopic (exact) mass is 350 g/mol. The van der Waals surface area contributed by atoms with E-state index in [2.05, 4.69) is 70.0 Å². The maximum atomic E-state index is 3.70. The van der Waals surface area contributed by atoms with Crippen LogP contribution in [-0.4, -0.2) is 0 Å². The molecule has 0 atom stereocenters. The summed E-state index contributed by atoms with van der Waals surface area (Å²) in [6.07, 6.45) is 1.05. The van der Waals surface area contributed by atoms with Crippen LogP contribution in [0.4, 0.5) is 0 Å². The first-order chi connectivity index (χ1) is 8.06. The molecule has 0 nitrogen and oxygen atoms in total. The van der Waals surface area contributed by atoms with Crippen molar-refractivity contribution in [2.24, 2.45) is 0 Å². The highest BCUT2D eigenvalue weighted by molar-refractivity contribution is 9.11. The highest BCUT2D eigenvalue weighted by Gasteiger charge is 2.23. The summed E-state index contributed by atoms with van der Waals surface area (Å²) in [6.45, 7) is 4.29. The number of aryl methyl sites for hydroxylation is 2. The molecule has 0 heterocycles. The van der Waals surface area contributed by atoms with E-state index >= 15 is 0 Å². The summed E-state index contributed by atoms with van der Waals surface area (Å²) in [5, 5.41) is 0. The molecule has 0 unspecified atom stereocenters. The van der Waals surface area contributed by atoms with Crippen LogP contribution in [0.3, 0.4) is 0 Å². The van der Waals surface area contributed by atoms with Crippen molar-refractivity contribution in [1.29, 1.82) is 0 Å². The third-order valence-electron chi connectivity index (χ3n) is 3.26. The van der Waals surface area contributed by atoms with E-state index in [0.29, 0.717) is 0 Å². The normalized spacial score (nSPS) is 12.5. The van der Waals surface area contributed by atoms with Gasteiger partial charge in [-0.05, 0) is 54.7 Å². The van der Waals surface area contributed by atoms with Crippen molar-refractivity contribution in [2.75, 3.05) is 0 Å². The molecule has 0 amide bonds. The van der Waals surface area contributed by atoms with Gasteiger partial charge in [0.05, 0.1) is 0 Å². The van der Waals surface area contributed by atoms with Crippen LogP contribution < -0.4 is 0 Å². The van der Waals surface area contributed by atoms with E-state index in [1.54, 1.807) is 0 Å². The summed E-state index contributed by atoms with van der Waals surface area (Å²) in [5.41, 5.74) is 8.21. The van der Waals surface area contributed by atoms with Crippen molar-refractivity contribution in [3.63, 3.8) is 0 Å². The standard InChI is InChI=1S/C15H12Br2/c1-8-3-10-7-11-4-9(2)6-13(17)15(11)14(10)12(16)5-8/h3-6H,7H2,1-2H3. The van der Waals surface area contributed by atoms with E-state index in [1.165, 1.54) is 42.3 Å². The molecule has 0 aliphatic heterocycles. The van der Waals surface area contributed by atoms with Crippen LogP contribution >= 0.6 is 31.9 Å². The van der Waals surface area contributed by atoms with E-state index in [0.717, 1.165) is 6.42 Å². The first kappa shape index (κ1) is 11.5. The zero-order valence-corrected chi connectivity index (χ0v) is 12.9. The van der Waals surface area contributed by atoms with Crippen molar-refractivity contribution in [1.82, 2.24) is 0 Å². The van der Waals surface area contributed by atoms with Gasteiger partial charge in [0.1, 0.15) is 0 Å². The van der Waals surface area contributed by atoms with Gasteiger partial charge in [-0.25, -0.2) is 0 Å². The maximum Gasteiger partial charge on any atom is 0.0259 e. The predicted octanol–water partition coefficient (Wildman–Crippen LogP) is 5.40. The SMILES string of the molecule is Cc1cc(Br)c2c(c1)Cc1cc(C)cc(Br)c1-2. The van der Waals surface area contributed by atoms with Gasteiger partial charge < -0.3 is 0 Å². The molecule has 0 spiro atoms. The fourth-order valence-electron chi connectivity index (χ4n) is 2.67. The van der Waals surface area contributed by atoms with Gasteiger partial charge >= 0.3 is 0 Å². The molecule has 0 N–H and O–H groups in total. The van der Waals surface area contributed by atoms with Crippen molar-refractivity contribution in [3.8, 4) is 11.1 Å². The molecular weight excluding hydrogens is 340 g/mol. The number of halogens is 2. The van der Waals surface area contributed by atoms with Crippen molar-refractivity contribution >= 4 is 31.9 Å². The third kappa shape index (κ3) is 1.78. The van der Waals surface area contributed by atoms with E-state index in [9.17, 15) is 0 Å². The van der Waals surface area contributed by atoms with Gasteiger partial charge in [0.25, 0.3) is 0 Å². The molecule has 0 saturated heterocycles. The highest BCUT2D eigenvalue weighted by atomic mass is 79.9. The van der Waals surface area contributed by atoms with Gasteiger partial charge in [0.2, 0.25) is 0 Å². The Bertz CT molecular complexity index is 572. The lowest BCUT2D eigenvalue weighted by Gasteiger charge is -2.08. The topological polar surface area (TPSA) is 0 Å². The van der Waals surface area contributed by atoms with Gasteiger partial charge in [-0.15, -0.1) is 0 Å². The summed E-state index contributed by atoms with van der Waals surface area (Å²) in [4.78, 5) is 0. The van der Waals surface area contributed by atoms with Gasteiger partial charge in [0, 0.05) is 20.1 Å². The lowest BCUT2D eigenvalue weighted by atomic mass is 10.0. The molecular formula is C15H12Br2. The van der Waals surface area contributed by atoms with Crippen LogP contribution in [0, 0.1) is 13.8 Å². The summed E-state index contributed by atoms with van der Waals surface area (Å²) in [5.74, 6) is 0. The van der Waals surface area contributed by atoms with Crippen LogP contribution in [0.15, 0.2) is 33.2 Å². The molecule has 1 aliphatic carbocycles. The minimum atomic E-state index is 1.05. The van der Waals surface area contributed by atoms with Crippen molar-refractivity contribution in [2.45, 2.75) is 20.3 Å². The molecule has 2 aromatic rings. The Hall–Kier alpha value is -0.600. The van der Waals surface area contributed by atoms with E-state index in [4.69, 9.17) is 0 Å². The Kier molecular flexibility index (Phi) is 2.68. The fourth-order valence-corrected chi connectivity index (χ4v) is 4.30. The second-order valence-electron chi connectivity index (χ2n) is 4.74. The Balaban J connectivity index is 2.35.